The molecule has 0 radical (unpaired) electrons. The maximum atomic E-state index is 5.61. The molecule has 2 N–H and O–H groups in total. The highest BCUT2D eigenvalue weighted by molar-refractivity contribution is 9.10. The van der Waals surface area contributed by atoms with Crippen molar-refractivity contribution >= 4 is 28.6 Å². The van der Waals surface area contributed by atoms with Gasteiger partial charge in [-0.1, -0.05) is 26.8 Å². The summed E-state index contributed by atoms with van der Waals surface area (Å²) in [5.41, 5.74) is 6.67. The van der Waals surface area contributed by atoms with Crippen LogP contribution in [-0.2, 0) is 0 Å². The molecule has 15 heavy (non-hydrogen) atoms. The van der Waals surface area contributed by atoms with Crippen LogP contribution < -0.4 is 5.73 Å². The van der Waals surface area contributed by atoms with Crippen LogP contribution in [0.5, 0.6) is 0 Å². The minimum absolute atomic E-state index is 0.0700. The number of thiol groups is 1. The molecule has 0 spiro atoms. The summed E-state index contributed by atoms with van der Waals surface area (Å²) < 4.78 is 1.04. The van der Waals surface area contributed by atoms with Crippen LogP contribution in [0.25, 0.3) is 0 Å². The zero-order valence-corrected chi connectivity index (χ0v) is 12.1. The van der Waals surface area contributed by atoms with E-state index in [4.69, 9.17) is 5.73 Å². The minimum atomic E-state index is 0.0700. The summed E-state index contributed by atoms with van der Waals surface area (Å²) >= 11 is 7.37. The lowest BCUT2D eigenvalue weighted by Gasteiger charge is -2.04. The van der Waals surface area contributed by atoms with Gasteiger partial charge < -0.3 is 5.73 Å². The van der Waals surface area contributed by atoms with Crippen molar-refractivity contribution in [2.24, 2.45) is 5.73 Å². The summed E-state index contributed by atoms with van der Waals surface area (Å²) in [6, 6.07) is 3.92. The average molecular weight is 291 g/mol. The molecule has 0 saturated carbocycles. The fourth-order valence-electron chi connectivity index (χ4n) is 0.657. The number of pyridine rings is 1. The Morgan fingerprint density at radius 3 is 2.13 bits per heavy atom. The van der Waals surface area contributed by atoms with Crippen molar-refractivity contribution in [1.29, 1.82) is 0 Å². The third kappa shape index (κ3) is 10.2. The van der Waals surface area contributed by atoms with E-state index >= 15 is 0 Å². The first-order chi connectivity index (χ1) is 6.70. The Kier molecular flexibility index (Phi) is 6.48. The first-order valence-corrected chi connectivity index (χ1v) is 6.03. The van der Waals surface area contributed by atoms with Crippen LogP contribution >= 0.6 is 28.6 Å². The predicted molar refractivity (Wildman–Crippen MR) is 73.3 cm³/mol. The molecular weight excluding hydrogens is 272 g/mol. The van der Waals surface area contributed by atoms with Gasteiger partial charge in [-0.2, -0.15) is 12.6 Å². The fourth-order valence-corrected chi connectivity index (χ4v) is 0.891. The van der Waals surface area contributed by atoms with E-state index in [0.717, 1.165) is 10.2 Å². The lowest BCUT2D eigenvalue weighted by molar-refractivity contribution is 0.810. The van der Waals surface area contributed by atoms with E-state index in [1.807, 2.05) is 19.1 Å². The summed E-state index contributed by atoms with van der Waals surface area (Å²) in [5.74, 6) is 0. The van der Waals surface area contributed by atoms with E-state index in [2.05, 4.69) is 54.3 Å². The summed E-state index contributed by atoms with van der Waals surface area (Å²) in [6.45, 7) is 8.09. The summed E-state index contributed by atoms with van der Waals surface area (Å²) in [5, 5.41) is 0. The SMILES string of the molecule is CC(C)(C)S.CC(N)c1ccc(Br)nc1. The molecule has 1 unspecified atom stereocenters. The van der Waals surface area contributed by atoms with Gasteiger partial charge in [-0.25, -0.2) is 4.98 Å². The highest BCUT2D eigenvalue weighted by Gasteiger charge is 1.97. The smallest absolute Gasteiger partial charge is 0.106 e. The number of hydrogen-bond acceptors (Lipinski definition) is 3. The van der Waals surface area contributed by atoms with Crippen LogP contribution in [0.2, 0.25) is 0 Å². The number of rotatable bonds is 1. The second kappa shape index (κ2) is 6.51. The topological polar surface area (TPSA) is 38.9 Å². The Bertz CT molecular complexity index is 272. The molecule has 0 bridgehead atoms. The van der Waals surface area contributed by atoms with Crippen LogP contribution in [0.1, 0.15) is 39.3 Å². The summed E-state index contributed by atoms with van der Waals surface area (Å²) in [7, 11) is 0. The van der Waals surface area contributed by atoms with Crippen molar-refractivity contribution in [3.05, 3.63) is 28.5 Å². The largest absolute Gasteiger partial charge is 0.324 e. The minimum Gasteiger partial charge on any atom is -0.324 e. The van der Waals surface area contributed by atoms with Crippen LogP contribution in [0.15, 0.2) is 22.9 Å². The average Bonchev–Trinajstić information content (AvgIpc) is 2.01. The lowest BCUT2D eigenvalue weighted by atomic mass is 10.2. The maximum absolute atomic E-state index is 5.61. The Labute approximate surface area is 106 Å². The molecule has 1 aromatic rings. The second-order valence-electron chi connectivity index (χ2n) is 4.37. The Morgan fingerprint density at radius 2 is 1.87 bits per heavy atom. The molecule has 0 saturated heterocycles. The van der Waals surface area contributed by atoms with Crippen LogP contribution in [0, 0.1) is 0 Å². The quantitative estimate of drug-likeness (QED) is 0.613. The molecule has 2 nitrogen and oxygen atoms in total. The first-order valence-electron chi connectivity index (χ1n) is 4.79. The normalized spacial score (nSPS) is 12.7. The lowest BCUT2D eigenvalue weighted by Crippen LogP contribution is -2.04. The molecule has 0 aliphatic rings. The Morgan fingerprint density at radius 1 is 1.40 bits per heavy atom. The molecular formula is C11H19BrN2S. The molecule has 0 aromatic carbocycles. The third-order valence-corrected chi connectivity index (χ3v) is 1.75. The van der Waals surface area contributed by atoms with E-state index in [1.54, 1.807) is 6.20 Å². The molecule has 0 fully saturated rings. The fraction of sp³-hybridized carbons (Fsp3) is 0.545. The zero-order chi connectivity index (χ0) is 12.1. The number of halogens is 1. The van der Waals surface area contributed by atoms with Gasteiger partial charge in [0, 0.05) is 17.0 Å². The number of aromatic nitrogens is 1. The third-order valence-electron chi connectivity index (χ3n) is 1.28. The van der Waals surface area contributed by atoms with Gasteiger partial charge in [0.05, 0.1) is 0 Å². The molecule has 1 rings (SSSR count). The predicted octanol–water partition coefficient (Wildman–Crippen LogP) is 3.58. The van der Waals surface area contributed by atoms with Gasteiger partial charge in [-0.05, 0) is 34.5 Å². The molecule has 1 atom stereocenters. The van der Waals surface area contributed by atoms with Gasteiger partial charge in [-0.15, -0.1) is 0 Å². The van der Waals surface area contributed by atoms with Gasteiger partial charge in [0.2, 0.25) is 0 Å². The van der Waals surface area contributed by atoms with Crippen molar-refractivity contribution in [2.75, 3.05) is 0 Å². The summed E-state index contributed by atoms with van der Waals surface area (Å²) in [4.78, 5) is 4.04. The van der Waals surface area contributed by atoms with E-state index in [9.17, 15) is 0 Å². The van der Waals surface area contributed by atoms with E-state index in [1.165, 1.54) is 0 Å². The van der Waals surface area contributed by atoms with Crippen molar-refractivity contribution in [3.8, 4) is 0 Å². The number of nitrogens with zero attached hydrogens (tertiary/aromatic N) is 1. The molecule has 86 valence electrons. The van der Waals surface area contributed by atoms with Gasteiger partial charge in [0.1, 0.15) is 4.60 Å². The van der Waals surface area contributed by atoms with Gasteiger partial charge in [-0.3, -0.25) is 0 Å². The second-order valence-corrected chi connectivity index (χ2v) is 6.53. The molecule has 1 heterocycles. The van der Waals surface area contributed by atoms with Gasteiger partial charge in [0.25, 0.3) is 0 Å². The molecule has 0 amide bonds. The molecule has 4 heteroatoms. The number of hydrogen-bond donors (Lipinski definition) is 2. The van der Waals surface area contributed by atoms with Crippen LogP contribution in [0.3, 0.4) is 0 Å². The van der Waals surface area contributed by atoms with Crippen LogP contribution in [-0.4, -0.2) is 9.73 Å². The van der Waals surface area contributed by atoms with Crippen molar-refractivity contribution in [2.45, 2.75) is 38.5 Å². The molecule has 0 aliphatic carbocycles. The Balaban J connectivity index is 0.000000336. The summed E-state index contributed by atoms with van der Waals surface area (Å²) in [6.07, 6.45) is 1.77. The van der Waals surface area contributed by atoms with E-state index in [0.29, 0.717) is 0 Å². The first kappa shape index (κ1) is 14.9. The molecule has 0 aliphatic heterocycles. The monoisotopic (exact) mass is 290 g/mol. The van der Waals surface area contributed by atoms with E-state index < -0.39 is 0 Å². The zero-order valence-electron chi connectivity index (χ0n) is 9.66. The van der Waals surface area contributed by atoms with E-state index in [-0.39, 0.29) is 10.8 Å². The van der Waals surface area contributed by atoms with Crippen molar-refractivity contribution in [3.63, 3.8) is 0 Å². The molecule has 1 aromatic heterocycles. The highest BCUT2D eigenvalue weighted by atomic mass is 79.9. The maximum Gasteiger partial charge on any atom is 0.106 e. The highest BCUT2D eigenvalue weighted by Crippen LogP contribution is 2.10. The number of nitrogens with two attached hydrogens (primary N) is 1. The van der Waals surface area contributed by atoms with Crippen LogP contribution in [0.4, 0.5) is 0 Å². The van der Waals surface area contributed by atoms with Crippen molar-refractivity contribution in [1.82, 2.24) is 4.98 Å². The van der Waals surface area contributed by atoms with Gasteiger partial charge in [0.15, 0.2) is 0 Å². The Hall–Kier alpha value is -0.0600. The van der Waals surface area contributed by atoms with Gasteiger partial charge >= 0.3 is 0 Å². The van der Waals surface area contributed by atoms with Crippen molar-refractivity contribution < 1.29 is 0 Å². The standard InChI is InChI=1S/C7H9BrN2.C4H10S/c1-5(9)6-2-3-7(8)10-4-6;1-4(2,3)5/h2-5H,9H2,1H3;5H,1-3H3.